The van der Waals surface area contributed by atoms with Crippen LogP contribution in [-0.4, -0.2) is 16.7 Å². The maximum Gasteiger partial charge on any atom is 0.277 e. The number of anilines is 2. The van der Waals surface area contributed by atoms with Crippen molar-refractivity contribution in [2.45, 2.75) is 26.3 Å². The zero-order chi connectivity index (χ0) is 21.0. The molecule has 7 heteroatoms. The highest BCUT2D eigenvalue weighted by Gasteiger charge is 2.18. The molecule has 1 heterocycles. The maximum atomic E-state index is 12.5. The Hall–Kier alpha value is -3.45. The summed E-state index contributed by atoms with van der Waals surface area (Å²) in [4.78, 5) is 29.1. The number of nitrogens with one attached hydrogen (secondary N) is 1. The molecule has 0 saturated carbocycles. The standard InChI is InChI=1S/C22H24N4O3/c1-13(2)11-18(24)22-26-19(12-29-22)21(28)25-17-9-5-15(6-10-17)20(27)14-3-7-16(23)8-4-14/h3-10,12-13,18H,11,23-24H2,1-2H3,(H,25,28). The highest BCUT2D eigenvalue weighted by atomic mass is 16.3. The van der Waals surface area contributed by atoms with Gasteiger partial charge in [-0.3, -0.25) is 9.59 Å². The molecule has 150 valence electrons. The molecule has 0 bridgehead atoms. The highest BCUT2D eigenvalue weighted by Crippen LogP contribution is 2.19. The number of carbonyl (C=O) groups is 2. The van der Waals surface area contributed by atoms with Gasteiger partial charge in [0.2, 0.25) is 5.89 Å². The summed E-state index contributed by atoms with van der Waals surface area (Å²) in [5.41, 5.74) is 14.0. The number of ketones is 1. The normalized spacial score (nSPS) is 12.0. The van der Waals surface area contributed by atoms with Crippen molar-refractivity contribution in [3.63, 3.8) is 0 Å². The van der Waals surface area contributed by atoms with E-state index in [9.17, 15) is 9.59 Å². The number of aromatic nitrogens is 1. The fraction of sp³-hybridized carbons (Fsp3) is 0.227. The molecule has 7 nitrogen and oxygen atoms in total. The third-order valence-electron chi connectivity index (χ3n) is 4.37. The molecule has 3 rings (SSSR count). The van der Waals surface area contributed by atoms with Crippen LogP contribution in [0.25, 0.3) is 0 Å². The van der Waals surface area contributed by atoms with Crippen molar-refractivity contribution >= 4 is 23.1 Å². The number of rotatable bonds is 7. The Bertz CT molecular complexity index is 992. The first kappa shape index (κ1) is 20.3. The van der Waals surface area contributed by atoms with Crippen molar-refractivity contribution in [1.82, 2.24) is 4.98 Å². The molecular weight excluding hydrogens is 368 g/mol. The van der Waals surface area contributed by atoms with Crippen molar-refractivity contribution in [1.29, 1.82) is 0 Å². The van der Waals surface area contributed by atoms with E-state index in [4.69, 9.17) is 15.9 Å². The van der Waals surface area contributed by atoms with Crippen LogP contribution in [0.15, 0.2) is 59.2 Å². The lowest BCUT2D eigenvalue weighted by molar-refractivity contribution is 0.101. The number of oxazole rings is 1. The smallest absolute Gasteiger partial charge is 0.277 e. The lowest BCUT2D eigenvalue weighted by Crippen LogP contribution is -2.15. The van der Waals surface area contributed by atoms with Crippen LogP contribution < -0.4 is 16.8 Å². The van der Waals surface area contributed by atoms with E-state index in [-0.39, 0.29) is 17.5 Å². The van der Waals surface area contributed by atoms with E-state index in [0.29, 0.717) is 40.7 Å². The average Bonchev–Trinajstić information content (AvgIpc) is 3.19. The summed E-state index contributed by atoms with van der Waals surface area (Å²) in [6.07, 6.45) is 2.01. The Kier molecular flexibility index (Phi) is 6.09. The fourth-order valence-corrected chi connectivity index (χ4v) is 2.87. The number of nitrogen functional groups attached to an aromatic ring is 1. The summed E-state index contributed by atoms with van der Waals surface area (Å²) in [5, 5.41) is 2.73. The lowest BCUT2D eigenvalue weighted by atomic mass is 10.0. The molecule has 0 aliphatic rings. The molecule has 5 N–H and O–H groups in total. The van der Waals surface area contributed by atoms with Gasteiger partial charge in [-0.15, -0.1) is 0 Å². The number of nitrogens with two attached hydrogens (primary N) is 2. The van der Waals surface area contributed by atoms with Gasteiger partial charge in [0.05, 0.1) is 6.04 Å². The summed E-state index contributed by atoms with van der Waals surface area (Å²) in [5.74, 6) is 0.203. The number of amides is 1. The Morgan fingerprint density at radius 3 is 2.21 bits per heavy atom. The molecule has 1 unspecified atom stereocenters. The molecule has 0 fully saturated rings. The third-order valence-corrected chi connectivity index (χ3v) is 4.37. The SMILES string of the molecule is CC(C)CC(N)c1nc(C(=O)Nc2ccc(C(=O)c3ccc(N)cc3)cc2)co1. The van der Waals surface area contributed by atoms with Gasteiger partial charge in [-0.2, -0.15) is 0 Å². The zero-order valence-corrected chi connectivity index (χ0v) is 16.4. The van der Waals surface area contributed by atoms with E-state index >= 15 is 0 Å². The van der Waals surface area contributed by atoms with Gasteiger partial charge in [0.1, 0.15) is 6.26 Å². The lowest BCUT2D eigenvalue weighted by Gasteiger charge is -2.09. The summed E-state index contributed by atoms with van der Waals surface area (Å²) in [6.45, 7) is 4.11. The Labute approximate surface area is 169 Å². The van der Waals surface area contributed by atoms with Crippen molar-refractivity contribution in [3.05, 3.63) is 77.5 Å². The van der Waals surface area contributed by atoms with Crippen LogP contribution in [0.4, 0.5) is 11.4 Å². The molecule has 0 radical (unpaired) electrons. The molecule has 3 aromatic rings. The van der Waals surface area contributed by atoms with E-state index in [1.54, 1.807) is 48.5 Å². The van der Waals surface area contributed by atoms with Gasteiger partial charge < -0.3 is 21.2 Å². The van der Waals surface area contributed by atoms with Crippen molar-refractivity contribution in [2.75, 3.05) is 11.1 Å². The molecule has 0 aliphatic heterocycles. The first-order chi connectivity index (χ1) is 13.8. The van der Waals surface area contributed by atoms with E-state index in [1.807, 2.05) is 0 Å². The molecule has 2 aromatic carbocycles. The molecular formula is C22H24N4O3. The third kappa shape index (κ3) is 5.08. The minimum atomic E-state index is -0.408. The van der Waals surface area contributed by atoms with Crippen LogP contribution in [0.2, 0.25) is 0 Å². The van der Waals surface area contributed by atoms with Crippen LogP contribution in [0.1, 0.15) is 58.6 Å². The van der Waals surface area contributed by atoms with Gasteiger partial charge in [0.25, 0.3) is 5.91 Å². The maximum absolute atomic E-state index is 12.5. The quantitative estimate of drug-likeness (QED) is 0.415. The Morgan fingerprint density at radius 2 is 1.62 bits per heavy atom. The van der Waals surface area contributed by atoms with Crippen LogP contribution in [0.3, 0.4) is 0 Å². The first-order valence-corrected chi connectivity index (χ1v) is 9.36. The molecule has 29 heavy (non-hydrogen) atoms. The largest absolute Gasteiger partial charge is 0.446 e. The van der Waals surface area contributed by atoms with E-state index in [1.165, 1.54) is 6.26 Å². The highest BCUT2D eigenvalue weighted by molar-refractivity contribution is 6.09. The molecule has 0 aliphatic carbocycles. The van der Waals surface area contributed by atoms with Crippen molar-refractivity contribution in [3.8, 4) is 0 Å². The topological polar surface area (TPSA) is 124 Å². The predicted molar refractivity (Wildman–Crippen MR) is 112 cm³/mol. The van der Waals surface area contributed by atoms with Crippen LogP contribution in [0, 0.1) is 5.92 Å². The summed E-state index contributed by atoms with van der Waals surface area (Å²) in [6, 6.07) is 13.0. The van der Waals surface area contributed by atoms with Gasteiger partial charge >= 0.3 is 0 Å². The van der Waals surface area contributed by atoms with E-state index in [2.05, 4.69) is 24.1 Å². The summed E-state index contributed by atoms with van der Waals surface area (Å²) < 4.78 is 5.34. The molecule has 1 atom stereocenters. The van der Waals surface area contributed by atoms with E-state index in [0.717, 1.165) is 0 Å². The molecule has 0 saturated heterocycles. The van der Waals surface area contributed by atoms with Crippen LogP contribution >= 0.6 is 0 Å². The molecule has 0 spiro atoms. The number of carbonyl (C=O) groups excluding carboxylic acids is 2. The minimum Gasteiger partial charge on any atom is -0.446 e. The molecule has 1 aromatic heterocycles. The number of nitrogens with zero attached hydrogens (tertiary/aromatic N) is 1. The summed E-state index contributed by atoms with van der Waals surface area (Å²) in [7, 11) is 0. The number of hydrogen-bond donors (Lipinski definition) is 3. The minimum absolute atomic E-state index is 0.122. The fourth-order valence-electron chi connectivity index (χ4n) is 2.87. The second-order valence-corrected chi connectivity index (χ2v) is 7.29. The zero-order valence-electron chi connectivity index (χ0n) is 16.4. The predicted octanol–water partition coefficient (Wildman–Crippen LogP) is 3.79. The van der Waals surface area contributed by atoms with Crippen LogP contribution in [-0.2, 0) is 0 Å². The van der Waals surface area contributed by atoms with Crippen LogP contribution in [0.5, 0.6) is 0 Å². The average molecular weight is 392 g/mol. The Balaban J connectivity index is 1.65. The second-order valence-electron chi connectivity index (χ2n) is 7.29. The van der Waals surface area contributed by atoms with Gasteiger partial charge in [0, 0.05) is 22.5 Å². The Morgan fingerprint density at radius 1 is 1.03 bits per heavy atom. The first-order valence-electron chi connectivity index (χ1n) is 9.36. The number of hydrogen-bond acceptors (Lipinski definition) is 6. The van der Waals surface area contributed by atoms with Gasteiger partial charge in [0.15, 0.2) is 11.5 Å². The van der Waals surface area contributed by atoms with Gasteiger partial charge in [-0.25, -0.2) is 4.98 Å². The van der Waals surface area contributed by atoms with Gasteiger partial charge in [-0.05, 0) is 60.9 Å². The number of benzene rings is 2. The van der Waals surface area contributed by atoms with Crippen molar-refractivity contribution < 1.29 is 14.0 Å². The summed E-state index contributed by atoms with van der Waals surface area (Å²) >= 11 is 0. The monoisotopic (exact) mass is 392 g/mol. The van der Waals surface area contributed by atoms with Crippen molar-refractivity contribution in [2.24, 2.45) is 11.7 Å². The molecule has 1 amide bonds. The second kappa shape index (κ2) is 8.70. The van der Waals surface area contributed by atoms with E-state index < -0.39 is 5.91 Å². The van der Waals surface area contributed by atoms with Gasteiger partial charge in [-0.1, -0.05) is 13.8 Å².